The average Bonchev–Trinajstić information content (AvgIpc) is 3.02. The minimum atomic E-state index is -0.691. The molecule has 1 aliphatic heterocycles. The van der Waals surface area contributed by atoms with Gasteiger partial charge in [-0.15, -0.1) is 0 Å². The van der Waals surface area contributed by atoms with Crippen LogP contribution < -0.4 is 0 Å². The van der Waals surface area contributed by atoms with Gasteiger partial charge in [-0.05, 0) is 24.0 Å². The van der Waals surface area contributed by atoms with Crippen LogP contribution in [0.25, 0.3) is 0 Å². The van der Waals surface area contributed by atoms with Crippen molar-refractivity contribution in [3.63, 3.8) is 0 Å². The molecule has 1 aliphatic carbocycles. The number of carboxylic acid groups (broad SMARTS) is 1. The fourth-order valence-corrected chi connectivity index (χ4v) is 3.32. The first-order valence-electron chi connectivity index (χ1n) is 7.25. The summed E-state index contributed by atoms with van der Waals surface area (Å²) < 4.78 is 10.7. The Labute approximate surface area is 118 Å². The minimum absolute atomic E-state index is 0.0174. The van der Waals surface area contributed by atoms with Gasteiger partial charge in [0.1, 0.15) is 12.9 Å². The molecule has 1 heterocycles. The van der Waals surface area contributed by atoms with E-state index in [0.717, 1.165) is 43.2 Å². The molecule has 0 radical (unpaired) electrons. The molecule has 1 N–H and O–H groups in total. The van der Waals surface area contributed by atoms with Crippen LogP contribution >= 0.6 is 0 Å². The molecule has 1 saturated carbocycles. The Bertz CT molecular complexity index is 468. The van der Waals surface area contributed by atoms with E-state index in [1.165, 1.54) is 0 Å². The highest BCUT2D eigenvalue weighted by molar-refractivity contribution is 5.81. The van der Waals surface area contributed by atoms with Gasteiger partial charge in [-0.2, -0.15) is 0 Å². The maximum Gasteiger partial charge on any atom is 0.314 e. The number of ether oxygens (including phenoxy) is 2. The Morgan fingerprint density at radius 2 is 1.85 bits per heavy atom. The fourth-order valence-electron chi connectivity index (χ4n) is 3.32. The summed E-state index contributed by atoms with van der Waals surface area (Å²) >= 11 is 0. The van der Waals surface area contributed by atoms with Crippen molar-refractivity contribution in [1.29, 1.82) is 0 Å². The van der Waals surface area contributed by atoms with Crippen LogP contribution in [0.15, 0.2) is 24.3 Å². The van der Waals surface area contributed by atoms with E-state index in [0.29, 0.717) is 13.4 Å². The fraction of sp³-hybridized carbons (Fsp3) is 0.562. The standard InChI is InChI=1S/C16H20O4/c17-15(18)16(8-2-1-3-9-16)13-6-4-12(5-7-13)14-10-19-11-20-14/h4-7,14H,1-3,8-11H2,(H,17,18). The monoisotopic (exact) mass is 276 g/mol. The quantitative estimate of drug-likeness (QED) is 0.922. The van der Waals surface area contributed by atoms with Gasteiger partial charge in [0, 0.05) is 0 Å². The lowest BCUT2D eigenvalue weighted by Crippen LogP contribution is -2.37. The van der Waals surface area contributed by atoms with Crippen LogP contribution in [0.2, 0.25) is 0 Å². The SMILES string of the molecule is O=C(O)C1(c2ccc(C3COCO3)cc2)CCCCC1. The number of hydrogen-bond acceptors (Lipinski definition) is 3. The molecule has 2 aliphatic rings. The summed E-state index contributed by atoms with van der Waals surface area (Å²) in [6.07, 6.45) is 4.59. The molecule has 0 aromatic heterocycles. The lowest BCUT2D eigenvalue weighted by molar-refractivity contribution is -0.145. The van der Waals surface area contributed by atoms with Crippen molar-refractivity contribution in [2.24, 2.45) is 0 Å². The second-order valence-electron chi connectivity index (χ2n) is 5.71. The summed E-state index contributed by atoms with van der Waals surface area (Å²) in [5.74, 6) is -0.689. The zero-order valence-corrected chi connectivity index (χ0v) is 11.5. The summed E-state index contributed by atoms with van der Waals surface area (Å²) in [5, 5.41) is 9.68. The van der Waals surface area contributed by atoms with Gasteiger partial charge in [-0.3, -0.25) is 4.79 Å². The molecule has 20 heavy (non-hydrogen) atoms. The molecule has 1 saturated heterocycles. The van der Waals surface area contributed by atoms with Crippen LogP contribution in [0, 0.1) is 0 Å². The van der Waals surface area contributed by atoms with Crippen LogP contribution in [-0.4, -0.2) is 24.5 Å². The van der Waals surface area contributed by atoms with Gasteiger partial charge >= 0.3 is 5.97 Å². The number of benzene rings is 1. The summed E-state index contributed by atoms with van der Waals surface area (Å²) in [6, 6.07) is 7.87. The van der Waals surface area contributed by atoms with E-state index in [9.17, 15) is 9.90 Å². The second-order valence-corrected chi connectivity index (χ2v) is 5.71. The first-order chi connectivity index (χ1) is 9.72. The smallest absolute Gasteiger partial charge is 0.314 e. The summed E-state index contributed by atoms with van der Waals surface area (Å²) in [4.78, 5) is 11.8. The molecule has 0 amide bonds. The predicted molar refractivity (Wildman–Crippen MR) is 73.5 cm³/mol. The maximum absolute atomic E-state index is 11.8. The highest BCUT2D eigenvalue weighted by atomic mass is 16.7. The van der Waals surface area contributed by atoms with Crippen LogP contribution in [0.1, 0.15) is 49.3 Å². The highest BCUT2D eigenvalue weighted by Crippen LogP contribution is 2.40. The number of carbonyl (C=O) groups is 1. The molecule has 1 aromatic rings. The summed E-state index contributed by atoms with van der Waals surface area (Å²) in [7, 11) is 0. The topological polar surface area (TPSA) is 55.8 Å². The van der Waals surface area contributed by atoms with Gasteiger partial charge < -0.3 is 14.6 Å². The Morgan fingerprint density at radius 1 is 1.15 bits per heavy atom. The van der Waals surface area contributed by atoms with Crippen LogP contribution in [-0.2, 0) is 19.7 Å². The molecule has 4 nitrogen and oxygen atoms in total. The van der Waals surface area contributed by atoms with Crippen molar-refractivity contribution < 1.29 is 19.4 Å². The van der Waals surface area contributed by atoms with Crippen molar-refractivity contribution in [2.45, 2.75) is 43.6 Å². The van der Waals surface area contributed by atoms with Crippen molar-refractivity contribution in [1.82, 2.24) is 0 Å². The highest BCUT2D eigenvalue weighted by Gasteiger charge is 2.41. The summed E-state index contributed by atoms with van der Waals surface area (Å²) in [5.41, 5.74) is 1.29. The minimum Gasteiger partial charge on any atom is -0.481 e. The van der Waals surface area contributed by atoms with Gasteiger partial charge in [0.15, 0.2) is 0 Å². The van der Waals surface area contributed by atoms with E-state index < -0.39 is 11.4 Å². The third-order valence-electron chi connectivity index (χ3n) is 4.57. The molecular formula is C16H20O4. The lowest BCUT2D eigenvalue weighted by atomic mass is 9.69. The zero-order chi connectivity index (χ0) is 14.0. The van der Waals surface area contributed by atoms with Crippen molar-refractivity contribution in [3.8, 4) is 0 Å². The van der Waals surface area contributed by atoms with Gasteiger partial charge in [0.05, 0.1) is 12.0 Å². The molecule has 0 spiro atoms. The average molecular weight is 276 g/mol. The van der Waals surface area contributed by atoms with Crippen LogP contribution in [0.4, 0.5) is 0 Å². The first kappa shape index (κ1) is 13.6. The molecule has 3 rings (SSSR count). The van der Waals surface area contributed by atoms with E-state index in [-0.39, 0.29) is 6.10 Å². The number of hydrogen-bond donors (Lipinski definition) is 1. The van der Waals surface area contributed by atoms with E-state index >= 15 is 0 Å². The third kappa shape index (κ3) is 2.34. The maximum atomic E-state index is 11.8. The molecule has 1 atom stereocenters. The van der Waals surface area contributed by atoms with E-state index in [4.69, 9.17) is 9.47 Å². The van der Waals surface area contributed by atoms with Gasteiger partial charge in [0.2, 0.25) is 0 Å². The predicted octanol–water partition coefficient (Wildman–Crippen LogP) is 3.02. The van der Waals surface area contributed by atoms with Gasteiger partial charge in [-0.25, -0.2) is 0 Å². The van der Waals surface area contributed by atoms with Gasteiger partial charge in [0.25, 0.3) is 0 Å². The molecule has 1 aromatic carbocycles. The molecule has 2 fully saturated rings. The number of aliphatic carboxylic acids is 1. The Morgan fingerprint density at radius 3 is 2.40 bits per heavy atom. The van der Waals surface area contributed by atoms with Crippen LogP contribution in [0.3, 0.4) is 0 Å². The Balaban J connectivity index is 1.86. The Hall–Kier alpha value is -1.39. The molecule has 1 unspecified atom stereocenters. The van der Waals surface area contributed by atoms with Crippen LogP contribution in [0.5, 0.6) is 0 Å². The largest absolute Gasteiger partial charge is 0.481 e. The van der Waals surface area contributed by atoms with Crippen molar-refractivity contribution in [3.05, 3.63) is 35.4 Å². The van der Waals surface area contributed by atoms with Crippen molar-refractivity contribution in [2.75, 3.05) is 13.4 Å². The second kappa shape index (κ2) is 5.54. The normalized spacial score (nSPS) is 25.5. The number of carboxylic acids is 1. The number of rotatable bonds is 3. The molecule has 0 bridgehead atoms. The summed E-state index contributed by atoms with van der Waals surface area (Å²) in [6.45, 7) is 0.912. The molecule has 108 valence electrons. The zero-order valence-electron chi connectivity index (χ0n) is 11.5. The Kier molecular flexibility index (Phi) is 3.76. The first-order valence-corrected chi connectivity index (χ1v) is 7.25. The molecular weight excluding hydrogens is 256 g/mol. The van der Waals surface area contributed by atoms with Crippen molar-refractivity contribution >= 4 is 5.97 Å². The lowest BCUT2D eigenvalue weighted by Gasteiger charge is -2.33. The van der Waals surface area contributed by atoms with E-state index in [2.05, 4.69) is 0 Å². The third-order valence-corrected chi connectivity index (χ3v) is 4.57. The molecule has 4 heteroatoms. The van der Waals surface area contributed by atoms with Gasteiger partial charge in [-0.1, -0.05) is 43.5 Å². The van der Waals surface area contributed by atoms with E-state index in [1.54, 1.807) is 0 Å². The van der Waals surface area contributed by atoms with E-state index in [1.807, 2.05) is 24.3 Å².